The van der Waals surface area contributed by atoms with Crippen LogP contribution in [0, 0.1) is 5.92 Å². The van der Waals surface area contributed by atoms with Gasteiger partial charge in [0.1, 0.15) is 5.92 Å². The van der Waals surface area contributed by atoms with E-state index in [1.54, 1.807) is 6.92 Å². The molecule has 2 unspecified atom stereocenters. The van der Waals surface area contributed by atoms with Crippen molar-refractivity contribution < 1.29 is 14.7 Å². The number of hydrogen-bond acceptors (Lipinski definition) is 2. The van der Waals surface area contributed by atoms with Gasteiger partial charge < -0.3 is 10.4 Å². The maximum absolute atomic E-state index is 11.8. The Labute approximate surface area is 113 Å². The fraction of sp³-hybridized carbons (Fsp3) is 0.467. The predicted octanol–water partition coefficient (Wildman–Crippen LogP) is 3.25. The van der Waals surface area contributed by atoms with Crippen LogP contribution in [0.3, 0.4) is 0 Å². The van der Waals surface area contributed by atoms with Crippen molar-refractivity contribution in [3.63, 3.8) is 0 Å². The van der Waals surface area contributed by atoms with Gasteiger partial charge in [-0.3, -0.25) is 9.59 Å². The van der Waals surface area contributed by atoms with Crippen molar-refractivity contribution in [3.8, 4) is 0 Å². The Balaban J connectivity index is 2.72. The molecule has 2 N–H and O–H groups in total. The summed E-state index contributed by atoms with van der Waals surface area (Å²) in [6.45, 7) is 5.95. The minimum atomic E-state index is -1.09. The second-order valence-corrected chi connectivity index (χ2v) is 4.72. The van der Waals surface area contributed by atoms with Crippen molar-refractivity contribution in [3.05, 3.63) is 29.8 Å². The van der Waals surface area contributed by atoms with E-state index in [9.17, 15) is 9.59 Å². The highest BCUT2D eigenvalue weighted by molar-refractivity contribution is 6.04. The van der Waals surface area contributed by atoms with Crippen LogP contribution < -0.4 is 5.32 Å². The third kappa shape index (κ3) is 4.09. The normalized spacial score (nSPS) is 13.6. The zero-order chi connectivity index (χ0) is 14.4. The van der Waals surface area contributed by atoms with E-state index in [4.69, 9.17) is 5.11 Å². The summed E-state index contributed by atoms with van der Waals surface area (Å²) >= 11 is 0. The Bertz CT molecular complexity index is 439. The van der Waals surface area contributed by atoms with Crippen LogP contribution in [0.15, 0.2) is 24.3 Å². The molecule has 2 atom stereocenters. The molecule has 0 heterocycles. The fourth-order valence-electron chi connectivity index (χ4n) is 1.83. The quantitative estimate of drug-likeness (QED) is 0.774. The number of aliphatic carboxylic acids is 1. The van der Waals surface area contributed by atoms with Crippen LogP contribution in [0.5, 0.6) is 0 Å². The van der Waals surface area contributed by atoms with Gasteiger partial charge >= 0.3 is 5.97 Å². The number of carbonyl (C=O) groups excluding carboxylic acids is 1. The molecule has 0 aliphatic heterocycles. The van der Waals surface area contributed by atoms with Crippen LogP contribution in [0.4, 0.5) is 5.69 Å². The zero-order valence-corrected chi connectivity index (χ0v) is 11.6. The number of carboxylic acid groups (broad SMARTS) is 1. The first-order valence-electron chi connectivity index (χ1n) is 6.63. The molecule has 0 radical (unpaired) electrons. The highest BCUT2D eigenvalue weighted by Crippen LogP contribution is 2.20. The van der Waals surface area contributed by atoms with Crippen LogP contribution in [-0.4, -0.2) is 17.0 Å². The minimum Gasteiger partial charge on any atom is -0.481 e. The zero-order valence-electron chi connectivity index (χ0n) is 11.6. The molecule has 4 heteroatoms. The number of rotatable bonds is 6. The van der Waals surface area contributed by atoms with Gasteiger partial charge in [-0.15, -0.1) is 0 Å². The van der Waals surface area contributed by atoms with Crippen LogP contribution in [-0.2, 0) is 9.59 Å². The lowest BCUT2D eigenvalue weighted by molar-refractivity contribution is -0.145. The van der Waals surface area contributed by atoms with Crippen LogP contribution in [0.1, 0.15) is 45.1 Å². The van der Waals surface area contributed by atoms with Gasteiger partial charge in [0.25, 0.3) is 0 Å². The molecule has 0 saturated heterocycles. The van der Waals surface area contributed by atoms with Crippen molar-refractivity contribution >= 4 is 17.6 Å². The molecule has 19 heavy (non-hydrogen) atoms. The molecule has 0 aliphatic rings. The number of nitrogens with one attached hydrogen (secondary N) is 1. The van der Waals surface area contributed by atoms with E-state index < -0.39 is 17.8 Å². The molecule has 0 aliphatic carbocycles. The topological polar surface area (TPSA) is 66.4 Å². The molecule has 1 amide bonds. The van der Waals surface area contributed by atoms with Crippen LogP contribution in [0.2, 0.25) is 0 Å². The Morgan fingerprint density at radius 1 is 1.16 bits per heavy atom. The summed E-state index contributed by atoms with van der Waals surface area (Å²) in [6, 6.07) is 7.55. The summed E-state index contributed by atoms with van der Waals surface area (Å²) in [6.07, 6.45) is 1.34. The van der Waals surface area contributed by atoms with Gasteiger partial charge in [-0.1, -0.05) is 32.9 Å². The number of carboxylic acids is 1. The molecule has 4 nitrogen and oxygen atoms in total. The first kappa shape index (κ1) is 15.2. The maximum Gasteiger partial charge on any atom is 0.316 e. The van der Waals surface area contributed by atoms with E-state index in [2.05, 4.69) is 19.2 Å². The van der Waals surface area contributed by atoms with Gasteiger partial charge in [0.15, 0.2) is 0 Å². The van der Waals surface area contributed by atoms with E-state index >= 15 is 0 Å². The van der Waals surface area contributed by atoms with Gasteiger partial charge in [-0.2, -0.15) is 0 Å². The number of amides is 1. The number of carbonyl (C=O) groups is 2. The summed E-state index contributed by atoms with van der Waals surface area (Å²) in [4.78, 5) is 22.7. The highest BCUT2D eigenvalue weighted by Gasteiger charge is 2.23. The summed E-state index contributed by atoms with van der Waals surface area (Å²) in [5, 5.41) is 11.5. The standard InChI is InChI=1S/C15H21NO3/c1-4-10(3)11-6-8-12(9-7-11)16-14(17)13(5-2)15(18)19/h6-10,13H,4-5H2,1-3H3,(H,16,17)(H,18,19). The smallest absolute Gasteiger partial charge is 0.316 e. The van der Waals surface area contributed by atoms with Crippen molar-refractivity contribution in [2.24, 2.45) is 5.92 Å². The molecule has 0 fully saturated rings. The van der Waals surface area contributed by atoms with Gasteiger partial charge in [-0.05, 0) is 36.5 Å². The molecule has 1 aromatic carbocycles. The lowest BCUT2D eigenvalue weighted by Crippen LogP contribution is -2.28. The molecule has 0 saturated carbocycles. The third-order valence-electron chi connectivity index (χ3n) is 3.38. The van der Waals surface area contributed by atoms with Gasteiger partial charge in [0.05, 0.1) is 0 Å². The molecule has 0 spiro atoms. The van der Waals surface area contributed by atoms with Crippen molar-refractivity contribution in [2.75, 3.05) is 5.32 Å². The van der Waals surface area contributed by atoms with Crippen molar-refractivity contribution in [2.45, 2.75) is 39.5 Å². The second kappa shape index (κ2) is 6.92. The Morgan fingerprint density at radius 3 is 2.16 bits per heavy atom. The Kier molecular flexibility index (Phi) is 5.55. The minimum absolute atomic E-state index is 0.284. The molecular weight excluding hydrogens is 242 g/mol. The summed E-state index contributed by atoms with van der Waals surface area (Å²) in [7, 11) is 0. The Hall–Kier alpha value is -1.84. The molecule has 1 rings (SSSR count). The van der Waals surface area contributed by atoms with Crippen molar-refractivity contribution in [1.82, 2.24) is 0 Å². The summed E-state index contributed by atoms with van der Waals surface area (Å²) in [5.74, 6) is -2.07. The van der Waals surface area contributed by atoms with E-state index in [1.165, 1.54) is 5.56 Å². The summed E-state index contributed by atoms with van der Waals surface area (Å²) < 4.78 is 0. The second-order valence-electron chi connectivity index (χ2n) is 4.72. The first-order chi connectivity index (χ1) is 8.99. The largest absolute Gasteiger partial charge is 0.481 e. The number of benzene rings is 1. The fourth-order valence-corrected chi connectivity index (χ4v) is 1.83. The van der Waals surface area contributed by atoms with Crippen LogP contribution in [0.25, 0.3) is 0 Å². The van der Waals surface area contributed by atoms with Crippen LogP contribution >= 0.6 is 0 Å². The van der Waals surface area contributed by atoms with E-state index in [1.807, 2.05) is 24.3 Å². The van der Waals surface area contributed by atoms with E-state index in [0.717, 1.165) is 6.42 Å². The average Bonchev–Trinajstić information content (AvgIpc) is 2.39. The van der Waals surface area contributed by atoms with E-state index in [0.29, 0.717) is 11.6 Å². The van der Waals surface area contributed by atoms with Gasteiger partial charge in [0, 0.05) is 5.69 Å². The molecule has 0 bridgehead atoms. The van der Waals surface area contributed by atoms with Crippen molar-refractivity contribution in [1.29, 1.82) is 0 Å². The third-order valence-corrected chi connectivity index (χ3v) is 3.38. The number of hydrogen-bond donors (Lipinski definition) is 2. The number of anilines is 1. The molecule has 1 aromatic rings. The maximum atomic E-state index is 11.8. The summed E-state index contributed by atoms with van der Waals surface area (Å²) in [5.41, 5.74) is 1.85. The lowest BCUT2D eigenvalue weighted by Gasteiger charge is -2.12. The Morgan fingerprint density at radius 2 is 1.74 bits per heavy atom. The molecule has 104 valence electrons. The average molecular weight is 263 g/mol. The van der Waals surface area contributed by atoms with Gasteiger partial charge in [-0.25, -0.2) is 0 Å². The molecule has 0 aromatic heterocycles. The predicted molar refractivity (Wildman–Crippen MR) is 75.2 cm³/mol. The van der Waals surface area contributed by atoms with Gasteiger partial charge in [0.2, 0.25) is 5.91 Å². The monoisotopic (exact) mass is 263 g/mol. The lowest BCUT2D eigenvalue weighted by atomic mass is 9.98. The highest BCUT2D eigenvalue weighted by atomic mass is 16.4. The molecular formula is C15H21NO3. The first-order valence-corrected chi connectivity index (χ1v) is 6.63. The van der Waals surface area contributed by atoms with E-state index in [-0.39, 0.29) is 6.42 Å². The SMILES string of the molecule is CCC(C(=O)O)C(=O)Nc1ccc(C(C)CC)cc1.